The maximum atomic E-state index is 12.1. The van der Waals surface area contributed by atoms with Gasteiger partial charge in [0.25, 0.3) is 0 Å². The highest BCUT2D eigenvalue weighted by molar-refractivity contribution is 7.91. The van der Waals surface area contributed by atoms with Crippen LogP contribution in [0.4, 0.5) is 0 Å². The molecule has 0 aromatic carbocycles. The van der Waals surface area contributed by atoms with Crippen LogP contribution in [-0.4, -0.2) is 78.1 Å². The Morgan fingerprint density at radius 1 is 1.09 bits per heavy atom. The summed E-state index contributed by atoms with van der Waals surface area (Å²) in [5.41, 5.74) is 0. The van der Waals surface area contributed by atoms with E-state index in [0.717, 1.165) is 38.8 Å². The second-order valence-electron chi connectivity index (χ2n) is 6.81. The highest BCUT2D eigenvalue weighted by atomic mass is 32.2. The van der Waals surface area contributed by atoms with E-state index in [9.17, 15) is 18.3 Å². The molecule has 0 bridgehead atoms. The van der Waals surface area contributed by atoms with E-state index in [2.05, 4.69) is 4.90 Å². The first-order valence-electron chi connectivity index (χ1n) is 8.36. The summed E-state index contributed by atoms with van der Waals surface area (Å²) < 4.78 is 23.6. The average Bonchev–Trinajstić information content (AvgIpc) is 3.15. The van der Waals surface area contributed by atoms with E-state index in [0.29, 0.717) is 6.42 Å². The molecule has 22 heavy (non-hydrogen) atoms. The molecule has 3 rings (SSSR count). The number of rotatable bonds is 3. The van der Waals surface area contributed by atoms with Gasteiger partial charge >= 0.3 is 0 Å². The zero-order valence-electron chi connectivity index (χ0n) is 13.1. The Morgan fingerprint density at radius 2 is 1.77 bits per heavy atom. The molecule has 0 radical (unpaired) electrons. The largest absolute Gasteiger partial charge is 0.390 e. The van der Waals surface area contributed by atoms with Crippen molar-refractivity contribution in [3.05, 3.63) is 0 Å². The molecule has 7 heteroatoms. The maximum absolute atomic E-state index is 12.1. The van der Waals surface area contributed by atoms with Crippen LogP contribution in [0.15, 0.2) is 0 Å². The van der Waals surface area contributed by atoms with Gasteiger partial charge in [-0.25, -0.2) is 8.42 Å². The lowest BCUT2D eigenvalue weighted by atomic mass is 10.0. The Morgan fingerprint density at radius 3 is 2.41 bits per heavy atom. The molecule has 1 N–H and O–H groups in total. The number of nitrogens with zero attached hydrogens (tertiary/aromatic N) is 2. The molecule has 6 nitrogen and oxygen atoms in total. The summed E-state index contributed by atoms with van der Waals surface area (Å²) in [7, 11) is -3.14. The van der Waals surface area contributed by atoms with Crippen molar-refractivity contribution in [2.45, 2.75) is 63.3 Å². The Hall–Kier alpha value is -0.660. The van der Waals surface area contributed by atoms with E-state index in [1.54, 1.807) is 0 Å². The van der Waals surface area contributed by atoms with Crippen LogP contribution in [-0.2, 0) is 14.6 Å². The van der Waals surface area contributed by atoms with Crippen LogP contribution < -0.4 is 0 Å². The summed E-state index contributed by atoms with van der Waals surface area (Å²) in [5.74, 6) is 0.122. The molecule has 0 spiro atoms. The topological polar surface area (TPSA) is 77.9 Å². The van der Waals surface area contributed by atoms with Gasteiger partial charge in [-0.05, 0) is 32.2 Å². The van der Waals surface area contributed by atoms with Gasteiger partial charge in [0.1, 0.15) is 0 Å². The average molecular weight is 330 g/mol. The highest BCUT2D eigenvalue weighted by Gasteiger charge is 2.47. The van der Waals surface area contributed by atoms with Gasteiger partial charge in [0.2, 0.25) is 5.91 Å². The Balaban J connectivity index is 1.77. The highest BCUT2D eigenvalue weighted by Crippen LogP contribution is 2.34. The summed E-state index contributed by atoms with van der Waals surface area (Å²) in [4.78, 5) is 16.3. The molecule has 3 heterocycles. The summed E-state index contributed by atoms with van der Waals surface area (Å²) >= 11 is 0. The van der Waals surface area contributed by atoms with Crippen LogP contribution in [0.2, 0.25) is 0 Å². The molecule has 4 atom stereocenters. The standard InChI is InChI=1S/C15H26N2O4S/c1-2-15(19)17-8-4-6-12(17)11-5-3-7-16(11)13-9-22(20,21)10-14(13)18/h11-14,18H,2-10H2,1H3. The third kappa shape index (κ3) is 2.90. The quantitative estimate of drug-likeness (QED) is 0.789. The van der Waals surface area contributed by atoms with Gasteiger partial charge in [-0.1, -0.05) is 6.92 Å². The Labute approximate surface area is 132 Å². The number of hydrogen-bond donors (Lipinski definition) is 1. The minimum atomic E-state index is -3.14. The molecule has 3 aliphatic heterocycles. The third-order valence-electron chi connectivity index (χ3n) is 5.43. The van der Waals surface area contributed by atoms with Gasteiger partial charge in [0, 0.05) is 25.0 Å². The van der Waals surface area contributed by atoms with Crippen molar-refractivity contribution in [2.24, 2.45) is 0 Å². The predicted molar refractivity (Wildman–Crippen MR) is 83.2 cm³/mol. The number of hydrogen-bond acceptors (Lipinski definition) is 5. The van der Waals surface area contributed by atoms with Crippen molar-refractivity contribution in [3.63, 3.8) is 0 Å². The van der Waals surface area contributed by atoms with Crippen LogP contribution in [0.5, 0.6) is 0 Å². The fraction of sp³-hybridized carbons (Fsp3) is 0.933. The maximum Gasteiger partial charge on any atom is 0.222 e. The van der Waals surface area contributed by atoms with Gasteiger partial charge < -0.3 is 10.0 Å². The van der Waals surface area contributed by atoms with Crippen LogP contribution in [0.25, 0.3) is 0 Å². The molecular weight excluding hydrogens is 304 g/mol. The molecule has 3 aliphatic rings. The fourth-order valence-electron chi connectivity index (χ4n) is 4.47. The summed E-state index contributed by atoms with van der Waals surface area (Å²) in [6.07, 6.45) is 3.74. The van der Waals surface area contributed by atoms with Crippen molar-refractivity contribution in [2.75, 3.05) is 24.6 Å². The lowest BCUT2D eigenvalue weighted by Crippen LogP contribution is -2.53. The molecule has 0 saturated carbocycles. The zero-order valence-corrected chi connectivity index (χ0v) is 14.0. The second kappa shape index (κ2) is 6.09. The molecule has 0 aromatic heterocycles. The molecule has 126 valence electrons. The van der Waals surface area contributed by atoms with E-state index in [4.69, 9.17) is 0 Å². The molecular formula is C15H26N2O4S. The minimum Gasteiger partial charge on any atom is -0.390 e. The molecule has 0 aliphatic carbocycles. The number of carbonyl (C=O) groups is 1. The summed E-state index contributed by atoms with van der Waals surface area (Å²) in [6, 6.07) is 0.0908. The second-order valence-corrected chi connectivity index (χ2v) is 8.96. The first-order chi connectivity index (χ1) is 10.4. The molecule has 1 amide bonds. The van der Waals surface area contributed by atoms with Crippen LogP contribution in [0, 0.1) is 0 Å². The lowest BCUT2D eigenvalue weighted by Gasteiger charge is -2.38. The number of aliphatic hydroxyl groups is 1. The van der Waals surface area contributed by atoms with Crippen molar-refractivity contribution in [1.29, 1.82) is 0 Å². The zero-order chi connectivity index (χ0) is 15.9. The monoisotopic (exact) mass is 330 g/mol. The van der Waals surface area contributed by atoms with Crippen molar-refractivity contribution in [3.8, 4) is 0 Å². The van der Waals surface area contributed by atoms with E-state index >= 15 is 0 Å². The number of aliphatic hydroxyl groups excluding tert-OH is 1. The first-order valence-corrected chi connectivity index (χ1v) is 10.2. The summed E-state index contributed by atoms with van der Waals surface area (Å²) in [5, 5.41) is 10.2. The minimum absolute atomic E-state index is 0.0547. The van der Waals surface area contributed by atoms with E-state index in [1.807, 2.05) is 11.8 Å². The number of amides is 1. The van der Waals surface area contributed by atoms with Gasteiger partial charge in [0.05, 0.1) is 23.7 Å². The van der Waals surface area contributed by atoms with Crippen molar-refractivity contribution in [1.82, 2.24) is 9.80 Å². The Bertz CT molecular complexity index is 536. The third-order valence-corrected chi connectivity index (χ3v) is 7.13. The van der Waals surface area contributed by atoms with Crippen LogP contribution >= 0.6 is 0 Å². The summed E-state index contributed by atoms with van der Waals surface area (Å²) in [6.45, 7) is 3.52. The molecule has 4 unspecified atom stereocenters. The van der Waals surface area contributed by atoms with Gasteiger partial charge in [-0.3, -0.25) is 9.69 Å². The number of carbonyl (C=O) groups excluding carboxylic acids is 1. The molecule has 0 aromatic rings. The fourth-order valence-corrected chi connectivity index (χ4v) is 6.28. The first kappa shape index (κ1) is 16.2. The Kier molecular flexibility index (Phi) is 4.49. The molecule has 3 saturated heterocycles. The van der Waals surface area contributed by atoms with Gasteiger partial charge in [0.15, 0.2) is 9.84 Å². The number of likely N-dealkylation sites (tertiary alicyclic amines) is 2. The van der Waals surface area contributed by atoms with E-state index in [-0.39, 0.29) is 35.5 Å². The van der Waals surface area contributed by atoms with Crippen molar-refractivity contribution >= 4 is 15.7 Å². The normalized spacial score (nSPS) is 38.7. The SMILES string of the molecule is CCC(=O)N1CCCC1C1CCCN1C1CS(=O)(=O)CC1O. The van der Waals surface area contributed by atoms with Gasteiger partial charge in [-0.2, -0.15) is 0 Å². The van der Waals surface area contributed by atoms with Crippen LogP contribution in [0.1, 0.15) is 39.0 Å². The predicted octanol–water partition coefficient (Wildman–Crippen LogP) is 0.00970. The number of sulfone groups is 1. The van der Waals surface area contributed by atoms with Gasteiger partial charge in [-0.15, -0.1) is 0 Å². The van der Waals surface area contributed by atoms with E-state index < -0.39 is 15.9 Å². The lowest BCUT2D eigenvalue weighted by molar-refractivity contribution is -0.133. The van der Waals surface area contributed by atoms with E-state index in [1.165, 1.54) is 0 Å². The molecule has 3 fully saturated rings. The van der Waals surface area contributed by atoms with Crippen LogP contribution in [0.3, 0.4) is 0 Å². The smallest absolute Gasteiger partial charge is 0.222 e. The van der Waals surface area contributed by atoms with Crippen molar-refractivity contribution < 1.29 is 18.3 Å².